The van der Waals surface area contributed by atoms with E-state index in [1.54, 1.807) is 22.9 Å². The maximum Gasteiger partial charge on any atom is 0.326 e. The molecule has 4 aromatic rings. The van der Waals surface area contributed by atoms with Crippen molar-refractivity contribution in [2.45, 2.75) is 26.3 Å². The molecule has 0 bridgehead atoms. The van der Waals surface area contributed by atoms with E-state index in [0.29, 0.717) is 23.6 Å². The van der Waals surface area contributed by atoms with Crippen molar-refractivity contribution >= 4 is 21.8 Å². The lowest BCUT2D eigenvalue weighted by atomic mass is 10.0. The summed E-state index contributed by atoms with van der Waals surface area (Å²) < 4.78 is 22.3. The Morgan fingerprint density at radius 2 is 2.00 bits per heavy atom. The van der Waals surface area contributed by atoms with Crippen molar-refractivity contribution in [2.75, 3.05) is 27.2 Å². The maximum atomic E-state index is 15.0. The van der Waals surface area contributed by atoms with E-state index in [4.69, 9.17) is 4.74 Å². The summed E-state index contributed by atoms with van der Waals surface area (Å²) in [4.78, 5) is 21.8. The highest BCUT2D eigenvalue weighted by atomic mass is 19.1. The van der Waals surface area contributed by atoms with E-state index in [0.717, 1.165) is 34.8 Å². The highest BCUT2D eigenvalue weighted by Crippen LogP contribution is 2.32. The Morgan fingerprint density at radius 3 is 2.68 bits per heavy atom. The van der Waals surface area contributed by atoms with Crippen LogP contribution in [0.2, 0.25) is 0 Å². The molecule has 162 valence electrons. The summed E-state index contributed by atoms with van der Waals surface area (Å²) >= 11 is 0. The number of aromatic nitrogens is 3. The van der Waals surface area contributed by atoms with E-state index in [2.05, 4.69) is 14.9 Å². The number of nitrogens with zero attached hydrogens (tertiary/aromatic N) is 3. The third-order valence-corrected chi connectivity index (χ3v) is 5.34. The number of pyridine rings is 1. The van der Waals surface area contributed by atoms with Crippen molar-refractivity contribution in [1.82, 2.24) is 19.4 Å². The molecule has 0 aliphatic carbocycles. The fourth-order valence-corrected chi connectivity index (χ4v) is 3.86. The van der Waals surface area contributed by atoms with Crippen molar-refractivity contribution in [1.29, 1.82) is 0 Å². The van der Waals surface area contributed by atoms with Crippen LogP contribution in [0.4, 0.5) is 4.39 Å². The van der Waals surface area contributed by atoms with Crippen LogP contribution in [0.1, 0.15) is 26.3 Å². The van der Waals surface area contributed by atoms with Crippen LogP contribution in [0.25, 0.3) is 32.9 Å². The maximum absolute atomic E-state index is 15.0. The number of fused-ring (bicyclic) bond motifs is 3. The largest absolute Gasteiger partial charge is 0.478 e. The third kappa shape index (κ3) is 4.18. The van der Waals surface area contributed by atoms with Crippen LogP contribution < -0.4 is 10.4 Å². The van der Waals surface area contributed by atoms with Crippen LogP contribution in [0.5, 0.6) is 5.88 Å². The summed E-state index contributed by atoms with van der Waals surface area (Å²) in [5.74, 6) is 0.188. The Morgan fingerprint density at radius 1 is 1.19 bits per heavy atom. The van der Waals surface area contributed by atoms with Crippen molar-refractivity contribution in [2.24, 2.45) is 0 Å². The van der Waals surface area contributed by atoms with Crippen LogP contribution in [-0.4, -0.2) is 46.7 Å². The molecule has 0 aliphatic heterocycles. The number of aromatic amines is 1. The number of halogens is 1. The van der Waals surface area contributed by atoms with Gasteiger partial charge in [-0.15, -0.1) is 0 Å². The molecule has 2 aromatic carbocycles. The summed E-state index contributed by atoms with van der Waals surface area (Å²) in [5.41, 5.74) is 2.46. The van der Waals surface area contributed by atoms with Gasteiger partial charge in [0.1, 0.15) is 5.82 Å². The lowest BCUT2D eigenvalue weighted by Gasteiger charge is -2.12. The van der Waals surface area contributed by atoms with Gasteiger partial charge in [-0.25, -0.2) is 14.2 Å². The fourth-order valence-electron chi connectivity index (χ4n) is 3.86. The molecule has 0 saturated carbocycles. The number of hydrogen-bond donors (Lipinski definition) is 1. The lowest BCUT2D eigenvalue weighted by molar-refractivity contribution is 0.273. The Balaban J connectivity index is 1.71. The average molecular weight is 423 g/mol. The standard InChI is InChI=1S/C24H27FN4O2/c1-15(2)29-23-19-13-18(20(25)12-16(19)6-8-21(23)27-24(29)30)17-7-9-22(26-14-17)31-11-5-10-28(3)4/h6-9,12-15H,5,10-11H2,1-4H3,(H,27,30). The second-order valence-electron chi connectivity index (χ2n) is 8.30. The number of H-pyrrole nitrogens is 1. The van der Waals surface area contributed by atoms with Gasteiger partial charge in [0, 0.05) is 41.4 Å². The van der Waals surface area contributed by atoms with Gasteiger partial charge in [-0.2, -0.15) is 0 Å². The molecule has 7 heteroatoms. The first-order valence-corrected chi connectivity index (χ1v) is 10.5. The van der Waals surface area contributed by atoms with Gasteiger partial charge in [-0.3, -0.25) is 4.57 Å². The molecular formula is C24H27FN4O2. The molecule has 2 aromatic heterocycles. The minimum absolute atomic E-state index is 0.0223. The van der Waals surface area contributed by atoms with Crippen LogP contribution in [0.3, 0.4) is 0 Å². The molecule has 31 heavy (non-hydrogen) atoms. The summed E-state index contributed by atoms with van der Waals surface area (Å²) in [6.07, 6.45) is 2.53. The summed E-state index contributed by atoms with van der Waals surface area (Å²) in [6.45, 7) is 5.43. The molecule has 0 atom stereocenters. The molecule has 1 N–H and O–H groups in total. The van der Waals surface area contributed by atoms with Crippen LogP contribution in [0.15, 0.2) is 47.4 Å². The number of imidazole rings is 1. The Labute approximate surface area is 180 Å². The number of rotatable bonds is 7. The van der Waals surface area contributed by atoms with Crippen molar-refractivity contribution in [3.8, 4) is 17.0 Å². The van der Waals surface area contributed by atoms with Crippen LogP contribution >= 0.6 is 0 Å². The van der Waals surface area contributed by atoms with Crippen molar-refractivity contribution in [3.63, 3.8) is 0 Å². The molecule has 4 rings (SSSR count). The first-order chi connectivity index (χ1) is 14.8. The molecule has 0 unspecified atom stereocenters. The number of nitrogens with one attached hydrogen (secondary N) is 1. The monoisotopic (exact) mass is 422 g/mol. The Kier molecular flexibility index (Phi) is 5.78. The van der Waals surface area contributed by atoms with Gasteiger partial charge in [-0.1, -0.05) is 6.07 Å². The van der Waals surface area contributed by atoms with Crippen LogP contribution in [-0.2, 0) is 0 Å². The number of benzene rings is 2. The van der Waals surface area contributed by atoms with E-state index in [1.165, 1.54) is 6.07 Å². The zero-order valence-corrected chi connectivity index (χ0v) is 18.3. The van der Waals surface area contributed by atoms with Gasteiger partial charge in [0.15, 0.2) is 0 Å². The van der Waals surface area contributed by atoms with Gasteiger partial charge < -0.3 is 14.6 Å². The first-order valence-electron chi connectivity index (χ1n) is 10.5. The minimum atomic E-state index is -0.331. The van der Waals surface area contributed by atoms with Gasteiger partial charge >= 0.3 is 5.69 Å². The summed E-state index contributed by atoms with van der Waals surface area (Å²) in [6, 6.07) is 10.5. The second kappa shape index (κ2) is 8.51. The van der Waals surface area contributed by atoms with Crippen molar-refractivity contribution in [3.05, 3.63) is 58.9 Å². The van der Waals surface area contributed by atoms with Gasteiger partial charge in [0.2, 0.25) is 5.88 Å². The Bertz CT molecular complexity index is 1270. The van der Waals surface area contributed by atoms with E-state index >= 15 is 0 Å². The molecule has 6 nitrogen and oxygen atoms in total. The molecule has 0 spiro atoms. The zero-order chi connectivity index (χ0) is 22.1. The molecule has 0 amide bonds. The minimum Gasteiger partial charge on any atom is -0.478 e. The molecular weight excluding hydrogens is 395 g/mol. The SMILES string of the molecule is CC(C)n1c(=O)[nH]c2ccc3cc(F)c(-c4ccc(OCCCN(C)C)nc4)cc3c21. The first kappa shape index (κ1) is 21.1. The summed E-state index contributed by atoms with van der Waals surface area (Å²) in [5, 5.41) is 1.57. The van der Waals surface area contributed by atoms with Crippen molar-refractivity contribution < 1.29 is 9.13 Å². The number of hydrogen-bond acceptors (Lipinski definition) is 4. The third-order valence-electron chi connectivity index (χ3n) is 5.34. The average Bonchev–Trinajstić information content (AvgIpc) is 3.07. The molecule has 0 fully saturated rings. The highest BCUT2D eigenvalue weighted by Gasteiger charge is 2.16. The predicted octanol–water partition coefficient (Wildman–Crippen LogP) is 4.60. The molecule has 0 aliphatic rings. The normalized spacial score (nSPS) is 11.8. The molecule has 2 heterocycles. The zero-order valence-electron chi connectivity index (χ0n) is 18.3. The van der Waals surface area contributed by atoms with E-state index in [1.807, 2.05) is 46.1 Å². The van der Waals surface area contributed by atoms with E-state index in [9.17, 15) is 9.18 Å². The van der Waals surface area contributed by atoms with Crippen LogP contribution in [0, 0.1) is 5.82 Å². The van der Waals surface area contributed by atoms with Gasteiger partial charge in [-0.05, 0) is 64.0 Å². The van der Waals surface area contributed by atoms with Gasteiger partial charge in [0.25, 0.3) is 0 Å². The molecule has 0 saturated heterocycles. The Hall–Kier alpha value is -3.19. The lowest BCUT2D eigenvalue weighted by Crippen LogP contribution is -2.18. The number of ether oxygens (including phenoxy) is 1. The fraction of sp³-hybridized carbons (Fsp3) is 0.333. The predicted molar refractivity (Wildman–Crippen MR) is 122 cm³/mol. The summed E-state index contributed by atoms with van der Waals surface area (Å²) in [7, 11) is 4.04. The van der Waals surface area contributed by atoms with E-state index < -0.39 is 0 Å². The highest BCUT2D eigenvalue weighted by molar-refractivity contribution is 6.06. The van der Waals surface area contributed by atoms with Gasteiger partial charge in [0.05, 0.1) is 17.6 Å². The smallest absolute Gasteiger partial charge is 0.326 e. The molecule has 0 radical (unpaired) electrons. The second-order valence-corrected chi connectivity index (χ2v) is 8.30. The quantitative estimate of drug-likeness (QED) is 0.442. The topological polar surface area (TPSA) is 63.1 Å². The van der Waals surface area contributed by atoms with E-state index in [-0.39, 0.29) is 17.5 Å².